The van der Waals surface area contributed by atoms with Gasteiger partial charge in [0.15, 0.2) is 5.52 Å². The van der Waals surface area contributed by atoms with Gasteiger partial charge in [-0.15, -0.1) is 0 Å². The molecule has 1 aromatic carbocycles. The van der Waals surface area contributed by atoms with Gasteiger partial charge >= 0.3 is 0 Å². The van der Waals surface area contributed by atoms with Gasteiger partial charge in [-0.2, -0.15) is 0 Å². The third kappa shape index (κ3) is 6.20. The molecule has 1 unspecified atom stereocenters. The Morgan fingerprint density at radius 3 is 1.56 bits per heavy atom. The van der Waals surface area contributed by atoms with Crippen molar-refractivity contribution in [3.8, 4) is 0 Å². The molecule has 3 heteroatoms. The van der Waals surface area contributed by atoms with E-state index in [1.807, 2.05) is 0 Å². The number of rotatable bonds is 3. The van der Waals surface area contributed by atoms with Crippen LogP contribution in [0.3, 0.4) is 0 Å². The van der Waals surface area contributed by atoms with Crippen LogP contribution in [0.2, 0.25) is 0 Å². The van der Waals surface area contributed by atoms with Crippen molar-refractivity contribution in [3.05, 3.63) is 34.4 Å². The summed E-state index contributed by atoms with van der Waals surface area (Å²) in [5, 5.41) is 0. The topological polar surface area (TPSA) is 17.1 Å². The van der Waals surface area contributed by atoms with E-state index in [1.54, 1.807) is 0 Å². The van der Waals surface area contributed by atoms with Crippen LogP contribution >= 0.6 is 8.58 Å². The van der Waals surface area contributed by atoms with Gasteiger partial charge < -0.3 is 0 Å². The maximum atomic E-state index is 13.5. The summed E-state index contributed by atoms with van der Waals surface area (Å²) >= 11 is 0. The zero-order chi connectivity index (χ0) is 19.9. The van der Waals surface area contributed by atoms with E-state index in [2.05, 4.69) is 74.4 Å². The fourth-order valence-electron chi connectivity index (χ4n) is 3.83. The molecule has 1 aliphatic rings. The molecule has 1 radical (unpaired) electrons. The number of hydrogen-bond donors (Lipinski definition) is 0. The molecule has 1 nitrogen and oxygen atoms in total. The SMILES string of the molecule is CC(C)(C)c1cc(C(C)(C)C)c(C(=O)PC2CCCC2)c(C(C)(C)C)c1.[Li]. The predicted molar refractivity (Wildman–Crippen MR) is 123 cm³/mol. The van der Waals surface area contributed by atoms with E-state index in [9.17, 15) is 4.79 Å². The van der Waals surface area contributed by atoms with E-state index >= 15 is 0 Å². The molecule has 1 atom stereocenters. The summed E-state index contributed by atoms with van der Waals surface area (Å²) in [6.45, 7) is 20.3. The molecule has 0 aromatic heterocycles. The van der Waals surface area contributed by atoms with Gasteiger partial charge in [0, 0.05) is 24.4 Å². The van der Waals surface area contributed by atoms with Crippen LogP contribution in [0.4, 0.5) is 0 Å². The quantitative estimate of drug-likeness (QED) is 0.408. The first-order chi connectivity index (χ1) is 11.7. The molecule has 0 spiro atoms. The summed E-state index contributed by atoms with van der Waals surface area (Å²) in [4.78, 5) is 13.5. The van der Waals surface area contributed by atoms with Gasteiger partial charge in [-0.05, 0) is 60.0 Å². The minimum absolute atomic E-state index is 0. The molecular formula is C24H39LiOP. The van der Waals surface area contributed by atoms with E-state index in [-0.39, 0.29) is 35.1 Å². The number of benzene rings is 1. The van der Waals surface area contributed by atoms with Crippen molar-refractivity contribution in [2.75, 3.05) is 0 Å². The van der Waals surface area contributed by atoms with E-state index in [0.29, 0.717) is 19.8 Å². The minimum Gasteiger partial charge on any atom is -0.289 e. The van der Waals surface area contributed by atoms with Gasteiger partial charge in [0.2, 0.25) is 0 Å². The van der Waals surface area contributed by atoms with Gasteiger partial charge in [-0.1, -0.05) is 87.3 Å². The molecule has 0 bridgehead atoms. The molecule has 0 aliphatic heterocycles. The summed E-state index contributed by atoms with van der Waals surface area (Å²) in [5.74, 6) is 0. The molecular weight excluding hydrogens is 342 g/mol. The molecule has 1 saturated carbocycles. The normalized spacial score (nSPS) is 16.8. The fraction of sp³-hybridized carbons (Fsp3) is 0.708. The largest absolute Gasteiger partial charge is 0.289 e. The Labute approximate surface area is 181 Å². The van der Waals surface area contributed by atoms with Gasteiger partial charge in [-0.3, -0.25) is 4.79 Å². The van der Waals surface area contributed by atoms with E-state index in [4.69, 9.17) is 0 Å². The Morgan fingerprint density at radius 1 is 0.815 bits per heavy atom. The molecule has 1 aromatic rings. The van der Waals surface area contributed by atoms with E-state index < -0.39 is 0 Å². The second-order valence-corrected chi connectivity index (χ2v) is 12.7. The van der Waals surface area contributed by atoms with Crippen LogP contribution in [-0.2, 0) is 16.2 Å². The third-order valence-corrected chi connectivity index (χ3v) is 7.04. The minimum atomic E-state index is -0.0353. The van der Waals surface area contributed by atoms with Gasteiger partial charge in [0.05, 0.1) is 0 Å². The molecule has 27 heavy (non-hydrogen) atoms. The van der Waals surface area contributed by atoms with Gasteiger partial charge in [0.1, 0.15) is 0 Å². The third-order valence-electron chi connectivity index (χ3n) is 5.54. The number of hydrogen-bond acceptors (Lipinski definition) is 1. The molecule has 147 valence electrons. The molecule has 0 heterocycles. The smallest absolute Gasteiger partial charge is 0.181 e. The second kappa shape index (κ2) is 8.74. The molecule has 1 aliphatic carbocycles. The van der Waals surface area contributed by atoms with Gasteiger partial charge in [0.25, 0.3) is 0 Å². The van der Waals surface area contributed by atoms with Crippen LogP contribution in [0, 0.1) is 0 Å². The zero-order valence-corrected chi connectivity index (χ0v) is 20.5. The van der Waals surface area contributed by atoms with E-state index in [1.165, 1.54) is 42.4 Å². The Morgan fingerprint density at radius 2 is 1.22 bits per heavy atom. The summed E-state index contributed by atoms with van der Waals surface area (Å²) in [6.07, 6.45) is 5.07. The summed E-state index contributed by atoms with van der Waals surface area (Å²) in [6, 6.07) is 4.64. The first kappa shape index (κ1) is 25.0. The number of carbonyl (C=O) groups is 1. The van der Waals surface area contributed by atoms with Crippen LogP contribution in [0.15, 0.2) is 12.1 Å². The summed E-state index contributed by atoms with van der Waals surface area (Å²) in [5.41, 5.74) is 5.87. The molecule has 1 fully saturated rings. The molecule has 0 amide bonds. The first-order valence-electron chi connectivity index (χ1n) is 10.2. The average molecular weight is 381 g/mol. The van der Waals surface area contributed by atoms with Crippen LogP contribution in [0.1, 0.15) is 115 Å². The van der Waals surface area contributed by atoms with Crippen molar-refractivity contribution < 1.29 is 4.79 Å². The van der Waals surface area contributed by atoms with Gasteiger partial charge in [-0.25, -0.2) is 0 Å². The Bertz CT molecular complexity index is 630. The Hall–Kier alpha value is -0.0826. The predicted octanol–water partition coefficient (Wildman–Crippen LogP) is 6.96. The zero-order valence-electron chi connectivity index (χ0n) is 19.5. The monoisotopic (exact) mass is 381 g/mol. The fourth-order valence-corrected chi connectivity index (χ4v) is 5.31. The first-order valence-corrected chi connectivity index (χ1v) is 11.3. The maximum absolute atomic E-state index is 13.5. The standard InChI is InChI=1S/C24H39OP.Li/c1-22(2,3)16-14-18(23(4,5)6)20(19(15-16)24(7,8)9)21(25)26-17-12-10-11-13-17;/h14-15,17,26H,10-13H2,1-9H3;. The van der Waals surface area contributed by atoms with Crippen LogP contribution in [0.25, 0.3) is 0 Å². The van der Waals surface area contributed by atoms with Crippen molar-refractivity contribution in [1.29, 1.82) is 0 Å². The molecule has 0 N–H and O–H groups in total. The molecule has 0 saturated heterocycles. The van der Waals surface area contributed by atoms with Crippen molar-refractivity contribution in [2.24, 2.45) is 0 Å². The van der Waals surface area contributed by atoms with Crippen LogP contribution in [0.5, 0.6) is 0 Å². The Balaban J connectivity index is 0.00000364. The summed E-state index contributed by atoms with van der Waals surface area (Å²) in [7, 11) is 0.433. The maximum Gasteiger partial charge on any atom is 0.181 e. The van der Waals surface area contributed by atoms with Crippen LogP contribution in [-0.4, -0.2) is 30.0 Å². The summed E-state index contributed by atoms with van der Waals surface area (Å²) < 4.78 is 0. The average Bonchev–Trinajstić information content (AvgIpc) is 2.95. The van der Waals surface area contributed by atoms with E-state index in [0.717, 1.165) is 5.56 Å². The van der Waals surface area contributed by atoms with Crippen molar-refractivity contribution in [2.45, 2.75) is 110 Å². The van der Waals surface area contributed by atoms with Crippen molar-refractivity contribution in [3.63, 3.8) is 0 Å². The molecule has 2 rings (SSSR count). The second-order valence-electron chi connectivity index (χ2n) is 11.2. The van der Waals surface area contributed by atoms with Crippen LogP contribution < -0.4 is 0 Å². The van der Waals surface area contributed by atoms with Crippen molar-refractivity contribution >= 4 is 33.0 Å². The van der Waals surface area contributed by atoms with Crippen molar-refractivity contribution in [1.82, 2.24) is 0 Å². The Kier molecular flexibility index (Phi) is 8.07. The number of carbonyl (C=O) groups excluding carboxylic acids is 1.